The molecule has 0 radical (unpaired) electrons. The fraction of sp³-hybridized carbons (Fsp3) is 0.0357. The molecule has 1 aliphatic heterocycles. The maximum absolute atomic E-state index is 4.86. The molecule has 0 unspecified atom stereocenters. The topological polar surface area (TPSA) is 12.9 Å². The highest BCUT2D eigenvalue weighted by Crippen LogP contribution is 2.50. The molecular weight excluding hydrogens is 382 g/mol. The number of hydrogen-bond donors (Lipinski definition) is 0. The van der Waals surface area contributed by atoms with E-state index in [1.165, 1.54) is 64.0 Å². The number of nitrogens with zero attached hydrogens (tertiary/aromatic N) is 1. The molecule has 1 aromatic heterocycles. The molecule has 0 fully saturated rings. The van der Waals surface area contributed by atoms with E-state index in [9.17, 15) is 0 Å². The minimum absolute atomic E-state index is 1.10. The molecule has 1 aliphatic rings. The Labute approximate surface area is 178 Å². The van der Waals surface area contributed by atoms with Gasteiger partial charge in [0.2, 0.25) is 0 Å². The molecule has 0 saturated heterocycles. The predicted molar refractivity (Wildman–Crippen MR) is 129 cm³/mol. The number of pyridine rings is 1. The van der Waals surface area contributed by atoms with Gasteiger partial charge in [-0.25, -0.2) is 0 Å². The molecule has 6 aromatic rings. The number of aryl methyl sites for hydroxylation is 1. The third kappa shape index (κ3) is 2.17. The van der Waals surface area contributed by atoms with E-state index >= 15 is 0 Å². The molecule has 0 spiro atoms. The number of aromatic nitrogens is 1. The van der Waals surface area contributed by atoms with Crippen LogP contribution < -0.4 is 0 Å². The molecule has 140 valence electrons. The van der Waals surface area contributed by atoms with Crippen LogP contribution in [0.25, 0.3) is 54.3 Å². The van der Waals surface area contributed by atoms with Gasteiger partial charge in [-0.3, -0.25) is 4.98 Å². The highest BCUT2D eigenvalue weighted by molar-refractivity contribution is 7.99. The third-order valence-electron chi connectivity index (χ3n) is 6.30. The first-order valence-electron chi connectivity index (χ1n) is 10.2. The second kappa shape index (κ2) is 5.84. The fourth-order valence-electron chi connectivity index (χ4n) is 4.88. The SMILES string of the molecule is Cc1ccc2ccc3c4ccnc5c4c(cc3c2c1)Sc1cc2ccccc2cc1-5. The van der Waals surface area contributed by atoms with Crippen LogP contribution >= 0.6 is 11.8 Å². The number of rotatable bonds is 0. The Morgan fingerprint density at radius 2 is 1.47 bits per heavy atom. The lowest BCUT2D eigenvalue weighted by Crippen LogP contribution is -1.96. The van der Waals surface area contributed by atoms with Crippen molar-refractivity contribution in [1.29, 1.82) is 0 Å². The van der Waals surface area contributed by atoms with Crippen molar-refractivity contribution in [3.63, 3.8) is 0 Å². The maximum Gasteiger partial charge on any atom is 0.0803 e. The summed E-state index contributed by atoms with van der Waals surface area (Å²) in [5.41, 5.74) is 3.64. The highest BCUT2D eigenvalue weighted by Gasteiger charge is 2.22. The number of benzene rings is 5. The standard InChI is InChI=1S/C28H17NS/c1-16-6-7-17-8-9-20-21-10-11-29-28-24-13-18-4-2-3-5-19(18)14-25(24)30-26(27(21)28)15-23(20)22(17)12-16/h2-15H,1H3. The molecule has 0 saturated carbocycles. The van der Waals surface area contributed by atoms with E-state index in [4.69, 9.17) is 4.98 Å². The minimum atomic E-state index is 1.10. The second-order valence-electron chi connectivity index (χ2n) is 8.14. The molecule has 30 heavy (non-hydrogen) atoms. The summed E-state index contributed by atoms with van der Waals surface area (Å²) in [4.78, 5) is 7.45. The van der Waals surface area contributed by atoms with E-state index in [-0.39, 0.29) is 0 Å². The molecular formula is C28H17NS. The summed E-state index contributed by atoms with van der Waals surface area (Å²) >= 11 is 1.88. The summed E-state index contributed by atoms with van der Waals surface area (Å²) in [5, 5.41) is 10.4. The van der Waals surface area contributed by atoms with Gasteiger partial charge in [0.1, 0.15) is 0 Å². The fourth-order valence-corrected chi connectivity index (χ4v) is 6.05. The molecule has 5 aromatic carbocycles. The van der Waals surface area contributed by atoms with Gasteiger partial charge in [0.15, 0.2) is 0 Å². The van der Waals surface area contributed by atoms with Gasteiger partial charge in [-0.05, 0) is 68.9 Å². The highest BCUT2D eigenvalue weighted by atomic mass is 32.2. The van der Waals surface area contributed by atoms with Crippen LogP contribution in [0.2, 0.25) is 0 Å². The van der Waals surface area contributed by atoms with Crippen LogP contribution in [0.15, 0.2) is 94.9 Å². The maximum atomic E-state index is 4.86. The molecule has 0 atom stereocenters. The van der Waals surface area contributed by atoms with Crippen molar-refractivity contribution in [2.24, 2.45) is 0 Å². The van der Waals surface area contributed by atoms with Gasteiger partial charge in [-0.1, -0.05) is 71.9 Å². The van der Waals surface area contributed by atoms with Crippen molar-refractivity contribution >= 4 is 54.9 Å². The predicted octanol–water partition coefficient (Wildman–Crippen LogP) is 8.13. The van der Waals surface area contributed by atoms with Crippen LogP contribution in [-0.4, -0.2) is 4.98 Å². The zero-order valence-corrected chi connectivity index (χ0v) is 17.3. The van der Waals surface area contributed by atoms with Crippen molar-refractivity contribution in [1.82, 2.24) is 4.98 Å². The number of fused-ring (bicyclic) bond motifs is 7. The van der Waals surface area contributed by atoms with E-state index in [0.717, 1.165) is 5.69 Å². The van der Waals surface area contributed by atoms with E-state index in [2.05, 4.69) is 85.8 Å². The van der Waals surface area contributed by atoms with Gasteiger partial charge in [0.05, 0.1) is 5.69 Å². The van der Waals surface area contributed by atoms with Gasteiger partial charge in [-0.15, -0.1) is 0 Å². The van der Waals surface area contributed by atoms with Crippen LogP contribution in [0, 0.1) is 6.92 Å². The summed E-state index contributed by atoms with van der Waals surface area (Å²) in [6, 6.07) is 29.0. The van der Waals surface area contributed by atoms with Gasteiger partial charge < -0.3 is 0 Å². The summed E-state index contributed by atoms with van der Waals surface area (Å²) in [7, 11) is 0. The largest absolute Gasteiger partial charge is 0.256 e. The van der Waals surface area contributed by atoms with Gasteiger partial charge in [0, 0.05) is 26.9 Å². The molecule has 2 heterocycles. The van der Waals surface area contributed by atoms with Crippen LogP contribution in [0.3, 0.4) is 0 Å². The monoisotopic (exact) mass is 399 g/mol. The normalized spacial score (nSPS) is 12.7. The summed E-state index contributed by atoms with van der Waals surface area (Å²) < 4.78 is 0. The van der Waals surface area contributed by atoms with Gasteiger partial charge in [0.25, 0.3) is 0 Å². The van der Waals surface area contributed by atoms with E-state index in [1.54, 1.807) is 0 Å². The van der Waals surface area contributed by atoms with Crippen LogP contribution in [0.5, 0.6) is 0 Å². The average Bonchev–Trinajstić information content (AvgIpc) is 2.78. The zero-order valence-electron chi connectivity index (χ0n) is 16.4. The Kier molecular flexibility index (Phi) is 3.20. The third-order valence-corrected chi connectivity index (χ3v) is 7.40. The Hall–Kier alpha value is -3.36. The zero-order chi connectivity index (χ0) is 19.8. The lowest BCUT2D eigenvalue weighted by Gasteiger charge is -2.21. The lowest BCUT2D eigenvalue weighted by atomic mass is 9.94. The first kappa shape index (κ1) is 16.4. The van der Waals surface area contributed by atoms with Crippen molar-refractivity contribution in [3.8, 4) is 11.3 Å². The first-order valence-corrected chi connectivity index (χ1v) is 11.0. The van der Waals surface area contributed by atoms with E-state index in [0.29, 0.717) is 0 Å². The Morgan fingerprint density at radius 1 is 0.633 bits per heavy atom. The Morgan fingerprint density at radius 3 is 2.37 bits per heavy atom. The molecule has 7 rings (SSSR count). The molecule has 1 nitrogen and oxygen atoms in total. The first-order chi connectivity index (χ1) is 14.8. The smallest absolute Gasteiger partial charge is 0.0803 e. The molecule has 2 heteroatoms. The summed E-state index contributed by atoms with van der Waals surface area (Å²) in [6.45, 7) is 2.17. The summed E-state index contributed by atoms with van der Waals surface area (Å²) in [6.07, 6.45) is 1.97. The Bertz CT molecular complexity index is 1680. The van der Waals surface area contributed by atoms with E-state index < -0.39 is 0 Å². The van der Waals surface area contributed by atoms with Crippen molar-refractivity contribution in [2.75, 3.05) is 0 Å². The quantitative estimate of drug-likeness (QED) is 0.239. The van der Waals surface area contributed by atoms with Crippen LogP contribution in [0.1, 0.15) is 5.56 Å². The van der Waals surface area contributed by atoms with Gasteiger partial charge in [-0.2, -0.15) is 0 Å². The minimum Gasteiger partial charge on any atom is -0.256 e. The molecule has 0 N–H and O–H groups in total. The van der Waals surface area contributed by atoms with Crippen LogP contribution in [0.4, 0.5) is 0 Å². The molecule has 0 bridgehead atoms. The number of hydrogen-bond acceptors (Lipinski definition) is 2. The van der Waals surface area contributed by atoms with Gasteiger partial charge >= 0.3 is 0 Å². The van der Waals surface area contributed by atoms with Crippen molar-refractivity contribution in [3.05, 3.63) is 90.6 Å². The van der Waals surface area contributed by atoms with E-state index in [1.807, 2.05) is 18.0 Å². The Balaban J connectivity index is 1.65. The lowest BCUT2D eigenvalue weighted by molar-refractivity contribution is 1.30. The average molecular weight is 400 g/mol. The molecule has 0 amide bonds. The second-order valence-corrected chi connectivity index (χ2v) is 9.22. The molecule has 0 aliphatic carbocycles. The van der Waals surface area contributed by atoms with Crippen LogP contribution in [-0.2, 0) is 0 Å². The van der Waals surface area contributed by atoms with Crippen molar-refractivity contribution < 1.29 is 0 Å². The summed E-state index contributed by atoms with van der Waals surface area (Å²) in [5.74, 6) is 0. The van der Waals surface area contributed by atoms with Crippen molar-refractivity contribution in [2.45, 2.75) is 16.7 Å².